The maximum absolute atomic E-state index is 6.21. The van der Waals surface area contributed by atoms with Crippen LogP contribution < -0.4 is 4.74 Å². The summed E-state index contributed by atoms with van der Waals surface area (Å²) in [5.74, 6) is 0.731. The number of halogens is 1. The number of benzene rings is 1. The molecule has 1 aromatic carbocycles. The van der Waals surface area contributed by atoms with Gasteiger partial charge in [-0.1, -0.05) is 36.7 Å². The minimum absolute atomic E-state index is 0.00248. The zero-order chi connectivity index (χ0) is 11.3. The van der Waals surface area contributed by atoms with E-state index < -0.39 is 0 Å². The number of rotatable bonds is 5. The quantitative estimate of drug-likeness (QED) is 0.679. The average molecular weight is 224 g/mol. The molecule has 1 atom stereocenters. The summed E-state index contributed by atoms with van der Waals surface area (Å²) in [5, 5.41) is 0.644. The Morgan fingerprint density at radius 1 is 1.53 bits per heavy atom. The van der Waals surface area contributed by atoms with Gasteiger partial charge >= 0.3 is 0 Å². The van der Waals surface area contributed by atoms with Crippen molar-refractivity contribution in [1.29, 1.82) is 0 Å². The molecule has 1 radical (unpaired) electrons. The van der Waals surface area contributed by atoms with Crippen molar-refractivity contribution in [2.75, 3.05) is 6.61 Å². The average Bonchev–Trinajstić information content (AvgIpc) is 2.27. The second-order valence-corrected chi connectivity index (χ2v) is 3.73. The van der Waals surface area contributed by atoms with Gasteiger partial charge in [0.05, 0.1) is 11.6 Å². The monoisotopic (exact) mass is 223 g/mol. The summed E-state index contributed by atoms with van der Waals surface area (Å²) < 4.78 is 5.53. The first kappa shape index (κ1) is 12.1. The summed E-state index contributed by atoms with van der Waals surface area (Å²) in [6, 6.07) is 5.74. The molecule has 1 nitrogen and oxygen atoms in total. The van der Waals surface area contributed by atoms with Crippen LogP contribution in [0.3, 0.4) is 0 Å². The van der Waals surface area contributed by atoms with Crippen molar-refractivity contribution in [3.63, 3.8) is 0 Å². The van der Waals surface area contributed by atoms with E-state index in [9.17, 15) is 0 Å². The molecule has 0 saturated carbocycles. The molecule has 0 aliphatic heterocycles. The largest absolute Gasteiger partial charge is 0.492 e. The van der Waals surface area contributed by atoms with Crippen molar-refractivity contribution >= 4 is 11.6 Å². The predicted octanol–water partition coefficient (Wildman–Crippen LogP) is 4.23. The Hall–Kier alpha value is -0.950. The zero-order valence-electron chi connectivity index (χ0n) is 9.00. The van der Waals surface area contributed by atoms with Crippen molar-refractivity contribution < 1.29 is 4.74 Å². The van der Waals surface area contributed by atoms with Gasteiger partial charge in [-0.25, -0.2) is 0 Å². The highest BCUT2D eigenvalue weighted by atomic mass is 35.5. The molecule has 1 aromatic rings. The van der Waals surface area contributed by atoms with Crippen LogP contribution in [0.4, 0.5) is 0 Å². The Labute approximate surface area is 96.7 Å². The van der Waals surface area contributed by atoms with Gasteiger partial charge in [0, 0.05) is 5.92 Å². The Balaban J connectivity index is 2.94. The molecule has 1 unspecified atom stereocenters. The lowest BCUT2D eigenvalue weighted by molar-refractivity contribution is 0.317. The van der Waals surface area contributed by atoms with Crippen molar-refractivity contribution in [2.45, 2.75) is 19.3 Å². The van der Waals surface area contributed by atoms with E-state index in [0.29, 0.717) is 11.6 Å². The second kappa shape index (κ2) is 5.82. The Kier molecular flexibility index (Phi) is 4.70. The van der Waals surface area contributed by atoms with Crippen LogP contribution >= 0.6 is 11.6 Å². The van der Waals surface area contributed by atoms with Gasteiger partial charge in [-0.15, -0.1) is 6.58 Å². The van der Waals surface area contributed by atoms with Gasteiger partial charge < -0.3 is 4.74 Å². The van der Waals surface area contributed by atoms with Crippen LogP contribution in [0, 0.1) is 6.92 Å². The third-order valence-corrected chi connectivity index (χ3v) is 2.54. The number of hydrogen-bond donors (Lipinski definition) is 0. The molecule has 81 valence electrons. The molecule has 0 amide bonds. The van der Waals surface area contributed by atoms with E-state index >= 15 is 0 Å². The lowest BCUT2D eigenvalue weighted by Crippen LogP contribution is -1.98. The van der Waals surface area contributed by atoms with Gasteiger partial charge in [0.2, 0.25) is 0 Å². The maximum Gasteiger partial charge on any atom is 0.138 e. The van der Waals surface area contributed by atoms with E-state index in [4.69, 9.17) is 16.3 Å². The highest BCUT2D eigenvalue weighted by Gasteiger charge is 2.10. The highest BCUT2D eigenvalue weighted by Crippen LogP contribution is 2.33. The van der Waals surface area contributed by atoms with E-state index in [-0.39, 0.29) is 5.92 Å². The van der Waals surface area contributed by atoms with E-state index in [2.05, 4.69) is 20.4 Å². The van der Waals surface area contributed by atoms with Crippen LogP contribution in [0.2, 0.25) is 5.02 Å². The van der Waals surface area contributed by atoms with Crippen molar-refractivity contribution in [1.82, 2.24) is 0 Å². The van der Waals surface area contributed by atoms with Crippen LogP contribution in [-0.4, -0.2) is 6.61 Å². The van der Waals surface area contributed by atoms with Gasteiger partial charge in [0.1, 0.15) is 5.75 Å². The Bertz CT molecular complexity index is 333. The third kappa shape index (κ3) is 3.00. The lowest BCUT2D eigenvalue weighted by atomic mass is 10.0. The van der Waals surface area contributed by atoms with E-state index in [1.807, 2.05) is 18.2 Å². The zero-order valence-corrected chi connectivity index (χ0v) is 9.76. The van der Waals surface area contributed by atoms with E-state index in [1.54, 1.807) is 6.08 Å². The number of allylic oxidation sites excluding steroid dienone is 1. The molecule has 0 fully saturated rings. The van der Waals surface area contributed by atoms with Crippen molar-refractivity contribution in [3.05, 3.63) is 48.4 Å². The third-order valence-electron chi connectivity index (χ3n) is 2.14. The molecule has 0 heterocycles. The SMILES string of the molecule is [CH2]C(C=C)c1cccc(OCCC)c1Cl. The van der Waals surface area contributed by atoms with Crippen LogP contribution in [0.5, 0.6) is 5.75 Å². The molecule has 0 saturated heterocycles. The maximum atomic E-state index is 6.21. The molecule has 0 N–H and O–H groups in total. The van der Waals surface area contributed by atoms with Crippen LogP contribution in [0.15, 0.2) is 30.9 Å². The molecule has 0 bridgehead atoms. The first-order valence-electron chi connectivity index (χ1n) is 5.07. The fourth-order valence-electron chi connectivity index (χ4n) is 1.26. The minimum Gasteiger partial charge on any atom is -0.492 e. The molecular formula is C13H16ClO. The van der Waals surface area contributed by atoms with Crippen molar-refractivity contribution in [3.8, 4) is 5.75 Å². The first-order chi connectivity index (χ1) is 7.20. The summed E-state index contributed by atoms with van der Waals surface area (Å²) in [4.78, 5) is 0. The lowest BCUT2D eigenvalue weighted by Gasteiger charge is -2.13. The standard InChI is InChI=1S/C13H16ClO/c1-4-9-15-12-8-6-7-11(13(12)14)10(3)5-2/h5-8,10H,2-4,9H2,1H3. The topological polar surface area (TPSA) is 9.23 Å². The molecule has 0 aliphatic carbocycles. The number of hydrogen-bond acceptors (Lipinski definition) is 1. The van der Waals surface area contributed by atoms with Gasteiger partial charge in [-0.3, -0.25) is 0 Å². The highest BCUT2D eigenvalue weighted by molar-refractivity contribution is 6.32. The second-order valence-electron chi connectivity index (χ2n) is 3.35. The van der Waals surface area contributed by atoms with Crippen molar-refractivity contribution in [2.24, 2.45) is 0 Å². The molecule has 0 aliphatic rings. The Morgan fingerprint density at radius 2 is 2.27 bits per heavy atom. The molecule has 1 rings (SSSR count). The summed E-state index contributed by atoms with van der Waals surface area (Å²) in [7, 11) is 0. The first-order valence-corrected chi connectivity index (χ1v) is 5.45. The molecule has 0 spiro atoms. The molecule has 2 heteroatoms. The normalized spacial score (nSPS) is 12.2. The van der Waals surface area contributed by atoms with Gasteiger partial charge in [0.25, 0.3) is 0 Å². The Morgan fingerprint density at radius 3 is 2.87 bits per heavy atom. The van der Waals surface area contributed by atoms with Gasteiger partial charge in [0.15, 0.2) is 0 Å². The molecular weight excluding hydrogens is 208 g/mol. The fraction of sp³-hybridized carbons (Fsp3) is 0.308. The summed E-state index contributed by atoms with van der Waals surface area (Å²) in [6.07, 6.45) is 2.74. The summed E-state index contributed by atoms with van der Waals surface area (Å²) >= 11 is 6.21. The molecule has 0 aromatic heterocycles. The summed E-state index contributed by atoms with van der Waals surface area (Å²) in [5.41, 5.74) is 0.959. The van der Waals surface area contributed by atoms with Crippen LogP contribution in [0.25, 0.3) is 0 Å². The smallest absolute Gasteiger partial charge is 0.138 e. The molecule has 15 heavy (non-hydrogen) atoms. The fourth-order valence-corrected chi connectivity index (χ4v) is 1.59. The predicted molar refractivity (Wildman–Crippen MR) is 65.5 cm³/mol. The van der Waals surface area contributed by atoms with Gasteiger partial charge in [-0.05, 0) is 25.0 Å². The van der Waals surface area contributed by atoms with Crippen LogP contribution in [0.1, 0.15) is 24.8 Å². The summed E-state index contributed by atoms with van der Waals surface area (Å²) in [6.45, 7) is 10.4. The van der Waals surface area contributed by atoms with E-state index in [1.165, 1.54) is 0 Å². The van der Waals surface area contributed by atoms with Gasteiger partial charge in [-0.2, -0.15) is 0 Å². The van der Waals surface area contributed by atoms with Crippen LogP contribution in [-0.2, 0) is 0 Å². The minimum atomic E-state index is 0.00248. The van der Waals surface area contributed by atoms with E-state index in [0.717, 1.165) is 17.7 Å². The number of ether oxygens (including phenoxy) is 1.